The summed E-state index contributed by atoms with van der Waals surface area (Å²) < 4.78 is 26.5. The summed E-state index contributed by atoms with van der Waals surface area (Å²) in [7, 11) is 3.27. The number of hydrogen-bond donors (Lipinski definition) is 2. The van der Waals surface area contributed by atoms with Gasteiger partial charge in [0.25, 0.3) is 5.91 Å². The lowest BCUT2D eigenvalue weighted by molar-refractivity contribution is -0.136. The van der Waals surface area contributed by atoms with Gasteiger partial charge in [-0.15, -0.1) is 0 Å². The van der Waals surface area contributed by atoms with E-state index in [-0.39, 0.29) is 18.1 Å². The SMILES string of the molecule is COc1ccc(C(OC(C)[C@H]2O[C@@H](n3cnc4c(NC(=O)c5ccccc5)ncnc43)C[C@@H]2O)(c2ccccc2)c2ccc(OC)cc2)cc1. The predicted molar refractivity (Wildman–Crippen MR) is 187 cm³/mol. The van der Waals surface area contributed by atoms with E-state index in [2.05, 4.69) is 20.3 Å². The van der Waals surface area contributed by atoms with Crippen molar-refractivity contribution in [1.82, 2.24) is 19.5 Å². The molecule has 3 heterocycles. The van der Waals surface area contributed by atoms with Gasteiger partial charge in [-0.3, -0.25) is 9.36 Å². The largest absolute Gasteiger partial charge is 0.497 e. The Labute approximate surface area is 289 Å². The van der Waals surface area contributed by atoms with Crippen LogP contribution in [0.4, 0.5) is 5.82 Å². The molecule has 0 saturated carbocycles. The minimum atomic E-state index is -1.10. The number of aliphatic hydroxyl groups excluding tert-OH is 1. The van der Waals surface area contributed by atoms with Crippen LogP contribution in [0.5, 0.6) is 11.5 Å². The number of ether oxygens (including phenoxy) is 4. The number of anilines is 1. The van der Waals surface area contributed by atoms with Crippen LogP contribution in [0.1, 0.15) is 46.6 Å². The zero-order valence-corrected chi connectivity index (χ0v) is 27.8. The maximum atomic E-state index is 12.9. The smallest absolute Gasteiger partial charge is 0.256 e. The van der Waals surface area contributed by atoms with Crippen LogP contribution in [0, 0.1) is 0 Å². The predicted octanol–water partition coefficient (Wildman–Crippen LogP) is 6.14. The summed E-state index contributed by atoms with van der Waals surface area (Å²) in [5.41, 5.74) is 2.90. The standard InChI is InChI=1S/C39H37N5O6/c1-25(50-39(27-12-8-5-9-13-27,28-14-18-30(47-2)19-15-28)29-16-20-31(48-3)21-17-29)35-32(45)22-33(49-35)44-24-42-34-36(40-23-41-37(34)44)43-38(46)26-10-6-4-7-11-26/h4-21,23-25,32-33,35,45H,22H2,1-3H3,(H,40,41,43,46)/t25?,32-,33+,35+/m0/s1. The first-order valence-electron chi connectivity index (χ1n) is 16.3. The number of aliphatic hydroxyl groups is 1. The molecule has 7 rings (SSSR count). The van der Waals surface area contributed by atoms with Crippen LogP contribution in [0.15, 0.2) is 122 Å². The number of carbonyl (C=O) groups is 1. The van der Waals surface area contributed by atoms with E-state index in [0.717, 1.165) is 28.2 Å². The van der Waals surface area contributed by atoms with Gasteiger partial charge in [-0.25, -0.2) is 15.0 Å². The molecule has 4 atom stereocenters. The number of nitrogens with one attached hydrogen (secondary N) is 1. The number of imidazole rings is 1. The van der Waals surface area contributed by atoms with E-state index >= 15 is 0 Å². The highest BCUT2D eigenvalue weighted by Crippen LogP contribution is 2.44. The van der Waals surface area contributed by atoms with Crippen molar-refractivity contribution in [3.63, 3.8) is 0 Å². The Morgan fingerprint density at radius 1 is 0.840 bits per heavy atom. The lowest BCUT2D eigenvalue weighted by Crippen LogP contribution is -2.43. The van der Waals surface area contributed by atoms with Gasteiger partial charge in [0, 0.05) is 12.0 Å². The van der Waals surface area contributed by atoms with Crippen LogP contribution < -0.4 is 14.8 Å². The fourth-order valence-electron chi connectivity index (χ4n) is 6.57. The van der Waals surface area contributed by atoms with E-state index in [1.54, 1.807) is 49.4 Å². The molecule has 0 radical (unpaired) electrons. The molecule has 6 aromatic rings. The summed E-state index contributed by atoms with van der Waals surface area (Å²) in [6.07, 6.45) is 0.432. The van der Waals surface area contributed by atoms with Crippen LogP contribution in [-0.4, -0.2) is 63.1 Å². The van der Waals surface area contributed by atoms with Crippen molar-refractivity contribution in [2.75, 3.05) is 19.5 Å². The van der Waals surface area contributed by atoms with Crippen molar-refractivity contribution in [2.24, 2.45) is 0 Å². The number of aromatic nitrogens is 4. The molecule has 254 valence electrons. The van der Waals surface area contributed by atoms with Crippen molar-refractivity contribution >= 4 is 22.9 Å². The zero-order chi connectivity index (χ0) is 34.7. The van der Waals surface area contributed by atoms with Gasteiger partial charge < -0.3 is 29.4 Å². The molecule has 1 fully saturated rings. The molecule has 4 aromatic carbocycles. The Hall–Kier alpha value is -5.62. The van der Waals surface area contributed by atoms with Gasteiger partial charge in [-0.05, 0) is 60.0 Å². The van der Waals surface area contributed by atoms with Crippen molar-refractivity contribution in [1.29, 1.82) is 0 Å². The second-order valence-electron chi connectivity index (χ2n) is 12.1. The fourth-order valence-corrected chi connectivity index (χ4v) is 6.57. The molecule has 0 aliphatic carbocycles. The number of fused-ring (bicyclic) bond motifs is 1. The van der Waals surface area contributed by atoms with E-state index < -0.39 is 30.1 Å². The number of rotatable bonds is 11. The topological polar surface area (TPSA) is 130 Å². The number of benzene rings is 4. The zero-order valence-electron chi connectivity index (χ0n) is 27.8. The quantitative estimate of drug-likeness (QED) is 0.156. The first kappa shape index (κ1) is 32.9. The summed E-state index contributed by atoms with van der Waals surface area (Å²) in [5.74, 6) is 1.40. The van der Waals surface area contributed by atoms with Crippen LogP contribution in [0.2, 0.25) is 0 Å². The lowest BCUT2D eigenvalue weighted by Gasteiger charge is -2.40. The Kier molecular flexibility index (Phi) is 9.27. The third kappa shape index (κ3) is 6.18. The second-order valence-corrected chi connectivity index (χ2v) is 12.1. The minimum absolute atomic E-state index is 0.267. The summed E-state index contributed by atoms with van der Waals surface area (Å²) in [6.45, 7) is 1.91. The average molecular weight is 672 g/mol. The Bertz CT molecular complexity index is 2010. The number of nitrogens with zero attached hydrogens (tertiary/aromatic N) is 4. The molecule has 0 bridgehead atoms. The first-order chi connectivity index (χ1) is 24.4. The summed E-state index contributed by atoms with van der Waals surface area (Å²) in [4.78, 5) is 26.1. The van der Waals surface area contributed by atoms with E-state index in [4.69, 9.17) is 18.9 Å². The molecule has 50 heavy (non-hydrogen) atoms. The monoisotopic (exact) mass is 671 g/mol. The Morgan fingerprint density at radius 2 is 1.42 bits per heavy atom. The molecule has 11 heteroatoms. The van der Waals surface area contributed by atoms with Crippen molar-refractivity contribution in [2.45, 2.75) is 43.5 Å². The average Bonchev–Trinajstić information content (AvgIpc) is 3.78. The van der Waals surface area contributed by atoms with Gasteiger partial charge in [-0.1, -0.05) is 72.8 Å². The summed E-state index contributed by atoms with van der Waals surface area (Å²) in [5, 5.41) is 14.3. The van der Waals surface area contributed by atoms with Gasteiger partial charge in [0.15, 0.2) is 17.0 Å². The van der Waals surface area contributed by atoms with E-state index in [9.17, 15) is 9.90 Å². The molecule has 2 aromatic heterocycles. The third-order valence-electron chi connectivity index (χ3n) is 9.07. The van der Waals surface area contributed by atoms with Crippen LogP contribution in [0.3, 0.4) is 0 Å². The molecule has 1 saturated heterocycles. The number of carbonyl (C=O) groups excluding carboxylic acids is 1. The molecule has 1 unspecified atom stereocenters. The van der Waals surface area contributed by atoms with Gasteiger partial charge in [0.2, 0.25) is 0 Å². The van der Waals surface area contributed by atoms with E-state index in [0.29, 0.717) is 16.7 Å². The third-order valence-corrected chi connectivity index (χ3v) is 9.07. The molecular formula is C39H37N5O6. The number of hydrogen-bond acceptors (Lipinski definition) is 9. The van der Waals surface area contributed by atoms with Gasteiger partial charge in [0.05, 0.1) is 32.8 Å². The van der Waals surface area contributed by atoms with Crippen LogP contribution >= 0.6 is 0 Å². The van der Waals surface area contributed by atoms with Crippen LogP contribution in [-0.2, 0) is 15.1 Å². The molecular weight excluding hydrogens is 634 g/mol. The van der Waals surface area contributed by atoms with E-state index in [1.807, 2.05) is 91.9 Å². The maximum Gasteiger partial charge on any atom is 0.256 e. The first-order valence-corrected chi connectivity index (χ1v) is 16.3. The van der Waals surface area contributed by atoms with Crippen molar-refractivity contribution in [3.8, 4) is 11.5 Å². The van der Waals surface area contributed by atoms with Gasteiger partial charge in [0.1, 0.15) is 35.8 Å². The second kappa shape index (κ2) is 14.1. The van der Waals surface area contributed by atoms with Crippen LogP contribution in [0.25, 0.3) is 11.2 Å². The maximum absolute atomic E-state index is 12.9. The number of methoxy groups -OCH3 is 2. The minimum Gasteiger partial charge on any atom is -0.497 e. The lowest BCUT2D eigenvalue weighted by atomic mass is 9.79. The van der Waals surface area contributed by atoms with Gasteiger partial charge >= 0.3 is 0 Å². The molecule has 1 aliphatic rings. The highest BCUT2D eigenvalue weighted by molar-refractivity contribution is 6.06. The Morgan fingerprint density at radius 3 is 2.02 bits per heavy atom. The van der Waals surface area contributed by atoms with Crippen molar-refractivity contribution < 1.29 is 28.8 Å². The summed E-state index contributed by atoms with van der Waals surface area (Å²) >= 11 is 0. The number of amides is 1. The van der Waals surface area contributed by atoms with Gasteiger partial charge in [-0.2, -0.15) is 0 Å². The molecule has 11 nitrogen and oxygen atoms in total. The molecule has 0 spiro atoms. The highest BCUT2D eigenvalue weighted by atomic mass is 16.6. The molecule has 1 aliphatic heterocycles. The Balaban J connectivity index is 1.21. The van der Waals surface area contributed by atoms with E-state index in [1.165, 1.54) is 6.33 Å². The highest BCUT2D eigenvalue weighted by Gasteiger charge is 2.45. The molecule has 2 N–H and O–H groups in total. The summed E-state index contributed by atoms with van der Waals surface area (Å²) in [6, 6.07) is 34.4. The fraction of sp³-hybridized carbons (Fsp3) is 0.231. The molecule has 1 amide bonds. The normalized spacial score (nSPS) is 18.1. The van der Waals surface area contributed by atoms with Crippen molar-refractivity contribution in [3.05, 3.63) is 144 Å².